The van der Waals surface area contributed by atoms with E-state index in [2.05, 4.69) is 48.0 Å². The van der Waals surface area contributed by atoms with E-state index in [9.17, 15) is 0 Å². The molecule has 1 aliphatic rings. The van der Waals surface area contributed by atoms with Crippen LogP contribution in [0.3, 0.4) is 0 Å². The second kappa shape index (κ2) is 9.70. The van der Waals surface area contributed by atoms with Gasteiger partial charge in [-0.3, -0.25) is 9.80 Å². The zero-order valence-electron chi connectivity index (χ0n) is 13.5. The van der Waals surface area contributed by atoms with Gasteiger partial charge in [-0.05, 0) is 47.0 Å². The fraction of sp³-hybridized carbons (Fsp3) is 1.00. The highest BCUT2D eigenvalue weighted by molar-refractivity contribution is 4.76. The lowest BCUT2D eigenvalue weighted by Crippen LogP contribution is -2.50. The highest BCUT2D eigenvalue weighted by Crippen LogP contribution is 2.10. The number of nitrogens with zero attached hydrogens (tertiary/aromatic N) is 3. The maximum Gasteiger partial charge on any atom is 0.0113 e. The van der Waals surface area contributed by atoms with Gasteiger partial charge in [-0.1, -0.05) is 6.92 Å². The zero-order valence-corrected chi connectivity index (χ0v) is 13.5. The first-order valence-electron chi connectivity index (χ1n) is 7.95. The highest BCUT2D eigenvalue weighted by Gasteiger charge is 2.20. The SMILES string of the molecule is CCNCCCC(C)N1CCN(CCN(C)C)CC1. The molecule has 1 atom stereocenters. The fourth-order valence-corrected chi connectivity index (χ4v) is 2.65. The second-order valence-electron chi connectivity index (χ2n) is 6.03. The molecule has 1 saturated heterocycles. The van der Waals surface area contributed by atoms with Crippen molar-refractivity contribution in [1.29, 1.82) is 0 Å². The highest BCUT2D eigenvalue weighted by atomic mass is 15.3. The summed E-state index contributed by atoms with van der Waals surface area (Å²) >= 11 is 0. The molecule has 0 radical (unpaired) electrons. The molecule has 4 nitrogen and oxygen atoms in total. The number of hydrogen-bond donors (Lipinski definition) is 1. The Bertz CT molecular complexity index is 212. The molecular formula is C15H34N4. The van der Waals surface area contributed by atoms with Crippen LogP contribution in [0.2, 0.25) is 0 Å². The van der Waals surface area contributed by atoms with E-state index in [0.29, 0.717) is 0 Å². The normalized spacial score (nSPS) is 20.1. The quantitative estimate of drug-likeness (QED) is 0.630. The molecule has 0 aliphatic carbocycles. The molecule has 0 bridgehead atoms. The van der Waals surface area contributed by atoms with E-state index in [-0.39, 0.29) is 0 Å². The summed E-state index contributed by atoms with van der Waals surface area (Å²) in [5, 5.41) is 3.41. The van der Waals surface area contributed by atoms with Crippen molar-refractivity contribution in [3.8, 4) is 0 Å². The molecule has 0 aromatic rings. The van der Waals surface area contributed by atoms with Crippen molar-refractivity contribution in [1.82, 2.24) is 20.0 Å². The Hall–Kier alpha value is -0.160. The van der Waals surface area contributed by atoms with Gasteiger partial charge in [-0.25, -0.2) is 0 Å². The van der Waals surface area contributed by atoms with Crippen molar-refractivity contribution in [3.63, 3.8) is 0 Å². The summed E-state index contributed by atoms with van der Waals surface area (Å²) in [6.45, 7) is 14.2. The molecule has 1 N–H and O–H groups in total. The average molecular weight is 270 g/mol. The molecule has 0 amide bonds. The van der Waals surface area contributed by atoms with E-state index < -0.39 is 0 Å². The topological polar surface area (TPSA) is 21.8 Å². The minimum atomic E-state index is 0.745. The third-order valence-electron chi connectivity index (χ3n) is 4.12. The largest absolute Gasteiger partial charge is 0.317 e. The molecule has 114 valence electrons. The molecule has 1 unspecified atom stereocenters. The smallest absolute Gasteiger partial charge is 0.0113 e. The van der Waals surface area contributed by atoms with Gasteiger partial charge in [0.25, 0.3) is 0 Å². The van der Waals surface area contributed by atoms with Crippen LogP contribution in [0.5, 0.6) is 0 Å². The molecule has 1 aliphatic heterocycles. The molecule has 1 fully saturated rings. The van der Waals surface area contributed by atoms with E-state index in [0.717, 1.165) is 12.6 Å². The number of rotatable bonds is 9. The lowest BCUT2D eigenvalue weighted by atomic mass is 10.1. The number of nitrogens with one attached hydrogen (secondary N) is 1. The predicted octanol–water partition coefficient (Wildman–Crippen LogP) is 0.944. The van der Waals surface area contributed by atoms with Crippen LogP contribution in [0.1, 0.15) is 26.7 Å². The molecule has 0 aromatic carbocycles. The summed E-state index contributed by atoms with van der Waals surface area (Å²) in [4.78, 5) is 7.54. The van der Waals surface area contributed by atoms with Gasteiger partial charge in [0.15, 0.2) is 0 Å². The fourth-order valence-electron chi connectivity index (χ4n) is 2.65. The molecule has 19 heavy (non-hydrogen) atoms. The van der Waals surface area contributed by atoms with Gasteiger partial charge < -0.3 is 10.2 Å². The Labute approximate surface area is 120 Å². The maximum absolute atomic E-state index is 3.41. The lowest BCUT2D eigenvalue weighted by Gasteiger charge is -2.38. The van der Waals surface area contributed by atoms with Gasteiger partial charge in [0.05, 0.1) is 0 Å². The minimum Gasteiger partial charge on any atom is -0.317 e. The summed E-state index contributed by atoms with van der Waals surface area (Å²) in [5.74, 6) is 0. The first-order chi connectivity index (χ1) is 9.13. The minimum absolute atomic E-state index is 0.745. The van der Waals surface area contributed by atoms with Crippen LogP contribution in [-0.4, -0.2) is 87.2 Å². The molecule has 1 heterocycles. The second-order valence-corrected chi connectivity index (χ2v) is 6.03. The Morgan fingerprint density at radius 3 is 2.42 bits per heavy atom. The lowest BCUT2D eigenvalue weighted by molar-refractivity contribution is 0.0936. The van der Waals surface area contributed by atoms with E-state index in [4.69, 9.17) is 0 Å². The van der Waals surface area contributed by atoms with Crippen LogP contribution >= 0.6 is 0 Å². The predicted molar refractivity (Wildman–Crippen MR) is 83.8 cm³/mol. The van der Waals surface area contributed by atoms with Crippen LogP contribution in [0.15, 0.2) is 0 Å². The number of likely N-dealkylation sites (N-methyl/N-ethyl adjacent to an activating group) is 1. The van der Waals surface area contributed by atoms with E-state index in [1.54, 1.807) is 0 Å². The van der Waals surface area contributed by atoms with Gasteiger partial charge in [0.2, 0.25) is 0 Å². The third kappa shape index (κ3) is 7.25. The molecule has 0 saturated carbocycles. The van der Waals surface area contributed by atoms with Crippen LogP contribution in [-0.2, 0) is 0 Å². The van der Waals surface area contributed by atoms with Crippen molar-refractivity contribution in [3.05, 3.63) is 0 Å². The Balaban J connectivity index is 2.11. The van der Waals surface area contributed by atoms with Gasteiger partial charge in [0.1, 0.15) is 0 Å². The maximum atomic E-state index is 3.41. The van der Waals surface area contributed by atoms with Gasteiger partial charge in [-0.15, -0.1) is 0 Å². The van der Waals surface area contributed by atoms with Gasteiger partial charge in [0, 0.05) is 45.3 Å². The third-order valence-corrected chi connectivity index (χ3v) is 4.12. The van der Waals surface area contributed by atoms with Crippen LogP contribution < -0.4 is 5.32 Å². The van der Waals surface area contributed by atoms with E-state index in [1.165, 1.54) is 58.7 Å². The summed E-state index contributed by atoms with van der Waals surface area (Å²) in [7, 11) is 4.31. The van der Waals surface area contributed by atoms with E-state index in [1.807, 2.05) is 0 Å². The monoisotopic (exact) mass is 270 g/mol. The molecular weight excluding hydrogens is 236 g/mol. The Morgan fingerprint density at radius 1 is 1.16 bits per heavy atom. The summed E-state index contributed by atoms with van der Waals surface area (Å²) in [6, 6.07) is 0.745. The molecule has 0 spiro atoms. The average Bonchev–Trinajstić information content (AvgIpc) is 2.41. The Kier molecular flexibility index (Phi) is 8.62. The van der Waals surface area contributed by atoms with Gasteiger partial charge >= 0.3 is 0 Å². The van der Waals surface area contributed by atoms with Crippen molar-refractivity contribution in [2.75, 3.05) is 66.5 Å². The summed E-state index contributed by atoms with van der Waals surface area (Å²) in [6.07, 6.45) is 2.63. The summed E-state index contributed by atoms with van der Waals surface area (Å²) in [5.41, 5.74) is 0. The Morgan fingerprint density at radius 2 is 1.84 bits per heavy atom. The molecule has 0 aromatic heterocycles. The first kappa shape index (κ1) is 16.9. The number of hydrogen-bond acceptors (Lipinski definition) is 4. The van der Waals surface area contributed by atoms with E-state index >= 15 is 0 Å². The standard InChI is InChI=1S/C15H34N4/c1-5-16-8-6-7-15(2)19-13-11-18(12-14-19)10-9-17(3)4/h15-16H,5-14H2,1-4H3. The molecule has 1 rings (SSSR count). The van der Waals surface area contributed by atoms with Crippen LogP contribution in [0, 0.1) is 0 Å². The zero-order chi connectivity index (χ0) is 14.1. The first-order valence-corrected chi connectivity index (χ1v) is 7.95. The van der Waals surface area contributed by atoms with Gasteiger partial charge in [-0.2, -0.15) is 0 Å². The van der Waals surface area contributed by atoms with Crippen molar-refractivity contribution >= 4 is 0 Å². The van der Waals surface area contributed by atoms with Crippen LogP contribution in [0.25, 0.3) is 0 Å². The van der Waals surface area contributed by atoms with Crippen LogP contribution in [0.4, 0.5) is 0 Å². The van der Waals surface area contributed by atoms with Crippen molar-refractivity contribution in [2.45, 2.75) is 32.7 Å². The van der Waals surface area contributed by atoms with Crippen molar-refractivity contribution in [2.24, 2.45) is 0 Å². The van der Waals surface area contributed by atoms with Crippen molar-refractivity contribution < 1.29 is 0 Å². The summed E-state index contributed by atoms with van der Waals surface area (Å²) < 4.78 is 0. The molecule has 4 heteroatoms. The number of piperazine rings is 1.